The molecule has 2 atom stereocenters. The van der Waals surface area contributed by atoms with Crippen LogP contribution in [0.2, 0.25) is 0 Å². The number of anilines is 1. The quantitative estimate of drug-likeness (QED) is 0.466. The van der Waals surface area contributed by atoms with E-state index in [2.05, 4.69) is 16.0 Å². The molecule has 0 bridgehead atoms. The number of carbonyl (C=O) groups is 3. The monoisotopic (exact) mass is 453 g/mol. The third-order valence-electron chi connectivity index (χ3n) is 4.81. The fraction of sp³-hybridized carbons (Fsp3) is 0.208. The van der Waals surface area contributed by atoms with Crippen molar-refractivity contribution in [1.82, 2.24) is 10.6 Å². The van der Waals surface area contributed by atoms with E-state index in [0.29, 0.717) is 11.3 Å². The highest BCUT2D eigenvalue weighted by atomic mass is 32.1. The SMILES string of the molecule is CC(=O)NC(CC(=O)NC(C)c1ccc(NC(=O)c2ccc(F)cc2)cc1)c1cccs1. The van der Waals surface area contributed by atoms with Crippen molar-refractivity contribution < 1.29 is 18.8 Å². The lowest BCUT2D eigenvalue weighted by Gasteiger charge is -2.19. The van der Waals surface area contributed by atoms with Crippen LogP contribution in [0, 0.1) is 5.82 Å². The molecule has 3 amide bonds. The summed E-state index contributed by atoms with van der Waals surface area (Å²) < 4.78 is 13.0. The van der Waals surface area contributed by atoms with E-state index in [4.69, 9.17) is 0 Å². The minimum Gasteiger partial charge on any atom is -0.350 e. The van der Waals surface area contributed by atoms with E-state index in [1.807, 2.05) is 36.6 Å². The molecule has 1 aromatic heterocycles. The number of hydrogen-bond acceptors (Lipinski definition) is 4. The van der Waals surface area contributed by atoms with Gasteiger partial charge in [0.2, 0.25) is 11.8 Å². The number of thiophene rings is 1. The largest absolute Gasteiger partial charge is 0.350 e. The van der Waals surface area contributed by atoms with E-state index < -0.39 is 5.82 Å². The third kappa shape index (κ3) is 6.49. The molecule has 0 aliphatic rings. The molecule has 6 nitrogen and oxygen atoms in total. The summed E-state index contributed by atoms with van der Waals surface area (Å²) in [6.07, 6.45) is 0.135. The molecule has 166 valence electrons. The second-order valence-corrected chi connectivity index (χ2v) is 8.32. The van der Waals surface area contributed by atoms with Gasteiger partial charge in [0, 0.05) is 23.1 Å². The molecule has 2 unspecified atom stereocenters. The van der Waals surface area contributed by atoms with Crippen molar-refractivity contribution in [2.45, 2.75) is 32.4 Å². The van der Waals surface area contributed by atoms with Gasteiger partial charge in [0.05, 0.1) is 18.5 Å². The number of carbonyl (C=O) groups excluding carboxylic acids is 3. The van der Waals surface area contributed by atoms with Crippen LogP contribution < -0.4 is 16.0 Å². The van der Waals surface area contributed by atoms with Crippen LogP contribution in [0.25, 0.3) is 0 Å². The van der Waals surface area contributed by atoms with Crippen molar-refractivity contribution >= 4 is 34.7 Å². The Hall–Kier alpha value is -3.52. The maximum Gasteiger partial charge on any atom is 0.255 e. The van der Waals surface area contributed by atoms with Gasteiger partial charge in [-0.15, -0.1) is 11.3 Å². The van der Waals surface area contributed by atoms with Gasteiger partial charge in [-0.25, -0.2) is 4.39 Å². The predicted octanol–water partition coefficient (Wildman–Crippen LogP) is 4.58. The number of amides is 3. The van der Waals surface area contributed by atoms with Crippen LogP contribution in [0.15, 0.2) is 66.0 Å². The average molecular weight is 454 g/mol. The zero-order chi connectivity index (χ0) is 23.1. The van der Waals surface area contributed by atoms with Crippen molar-refractivity contribution in [3.05, 3.63) is 87.9 Å². The Bertz CT molecular complexity index is 1070. The fourth-order valence-corrected chi connectivity index (χ4v) is 3.96. The zero-order valence-corrected chi connectivity index (χ0v) is 18.5. The van der Waals surface area contributed by atoms with Crippen molar-refractivity contribution in [3.63, 3.8) is 0 Å². The normalized spacial score (nSPS) is 12.5. The molecular formula is C24H24FN3O3S. The van der Waals surface area contributed by atoms with E-state index in [0.717, 1.165) is 10.4 Å². The minimum atomic E-state index is -0.402. The second-order valence-electron chi connectivity index (χ2n) is 7.34. The van der Waals surface area contributed by atoms with Crippen LogP contribution in [0.3, 0.4) is 0 Å². The van der Waals surface area contributed by atoms with Gasteiger partial charge >= 0.3 is 0 Å². The molecule has 3 aromatic rings. The first-order valence-corrected chi connectivity index (χ1v) is 11.0. The third-order valence-corrected chi connectivity index (χ3v) is 5.79. The minimum absolute atomic E-state index is 0.135. The van der Waals surface area contributed by atoms with Crippen LogP contribution in [0.5, 0.6) is 0 Å². The second kappa shape index (κ2) is 10.7. The summed E-state index contributed by atoms with van der Waals surface area (Å²) in [4.78, 5) is 37.2. The number of benzene rings is 2. The molecule has 0 aliphatic carbocycles. The molecule has 0 saturated heterocycles. The summed E-state index contributed by atoms with van der Waals surface area (Å²) in [5, 5.41) is 10.4. The van der Waals surface area contributed by atoms with Crippen LogP contribution in [-0.2, 0) is 9.59 Å². The van der Waals surface area contributed by atoms with E-state index >= 15 is 0 Å². The molecule has 8 heteroatoms. The summed E-state index contributed by atoms with van der Waals surface area (Å²) in [7, 11) is 0. The van der Waals surface area contributed by atoms with Gasteiger partial charge in [0.25, 0.3) is 5.91 Å². The molecule has 32 heavy (non-hydrogen) atoms. The molecule has 3 rings (SSSR count). The first-order valence-electron chi connectivity index (χ1n) is 10.1. The van der Waals surface area contributed by atoms with Gasteiger partial charge in [0.15, 0.2) is 0 Å². The molecular weight excluding hydrogens is 429 g/mol. The molecule has 0 saturated carbocycles. The van der Waals surface area contributed by atoms with Gasteiger partial charge < -0.3 is 16.0 Å². The van der Waals surface area contributed by atoms with Gasteiger partial charge in [-0.1, -0.05) is 18.2 Å². The number of hydrogen-bond donors (Lipinski definition) is 3. The Kier molecular flexibility index (Phi) is 7.72. The highest BCUT2D eigenvalue weighted by molar-refractivity contribution is 7.10. The Labute approximate surface area is 189 Å². The Morgan fingerprint density at radius 1 is 0.969 bits per heavy atom. The predicted molar refractivity (Wildman–Crippen MR) is 123 cm³/mol. The van der Waals surface area contributed by atoms with Gasteiger partial charge in [0.1, 0.15) is 5.82 Å². The maximum absolute atomic E-state index is 13.0. The molecule has 2 aromatic carbocycles. The topological polar surface area (TPSA) is 87.3 Å². The molecule has 3 N–H and O–H groups in total. The van der Waals surface area contributed by atoms with Crippen molar-refractivity contribution in [2.24, 2.45) is 0 Å². The van der Waals surface area contributed by atoms with Crippen LogP contribution in [-0.4, -0.2) is 17.7 Å². The van der Waals surface area contributed by atoms with Gasteiger partial charge in [-0.3, -0.25) is 14.4 Å². The lowest BCUT2D eigenvalue weighted by atomic mass is 10.1. The molecule has 0 spiro atoms. The number of nitrogens with one attached hydrogen (secondary N) is 3. The summed E-state index contributed by atoms with van der Waals surface area (Å²) in [6, 6.07) is 15.6. The van der Waals surface area contributed by atoms with E-state index in [1.165, 1.54) is 42.5 Å². The van der Waals surface area contributed by atoms with Gasteiger partial charge in [-0.2, -0.15) is 0 Å². The summed E-state index contributed by atoms with van der Waals surface area (Å²) >= 11 is 1.49. The smallest absolute Gasteiger partial charge is 0.255 e. The van der Waals surface area contributed by atoms with Crippen molar-refractivity contribution in [2.75, 3.05) is 5.32 Å². The highest BCUT2D eigenvalue weighted by Crippen LogP contribution is 2.23. The van der Waals surface area contributed by atoms with Crippen LogP contribution in [0.4, 0.5) is 10.1 Å². The standard InChI is InChI=1S/C24H24FN3O3S/c1-15(26-23(30)14-21(27-16(2)29)22-4-3-13-32-22)17-7-11-20(12-8-17)28-24(31)18-5-9-19(25)10-6-18/h3-13,15,21H,14H2,1-2H3,(H,26,30)(H,27,29)(H,28,31). The Balaban J connectivity index is 1.57. The summed E-state index contributed by atoms with van der Waals surface area (Å²) in [6.45, 7) is 3.29. The number of rotatable bonds is 8. The summed E-state index contributed by atoms with van der Waals surface area (Å²) in [5.74, 6) is -1.11. The molecule has 0 aliphatic heterocycles. The van der Waals surface area contributed by atoms with E-state index in [-0.39, 0.29) is 36.2 Å². The Morgan fingerprint density at radius 3 is 2.25 bits per heavy atom. The van der Waals surface area contributed by atoms with Crippen molar-refractivity contribution in [3.8, 4) is 0 Å². The zero-order valence-electron chi connectivity index (χ0n) is 17.7. The van der Waals surface area contributed by atoms with Crippen LogP contribution >= 0.6 is 11.3 Å². The maximum atomic E-state index is 13.0. The molecule has 1 heterocycles. The van der Waals surface area contributed by atoms with E-state index in [9.17, 15) is 18.8 Å². The summed E-state index contributed by atoms with van der Waals surface area (Å²) in [5.41, 5.74) is 1.81. The van der Waals surface area contributed by atoms with Crippen molar-refractivity contribution in [1.29, 1.82) is 0 Å². The molecule has 0 fully saturated rings. The van der Waals surface area contributed by atoms with E-state index in [1.54, 1.807) is 12.1 Å². The lowest BCUT2D eigenvalue weighted by molar-refractivity contribution is -0.123. The first-order chi connectivity index (χ1) is 15.3. The first kappa shape index (κ1) is 23.1. The molecule has 0 radical (unpaired) electrons. The fourth-order valence-electron chi connectivity index (χ4n) is 3.19. The highest BCUT2D eigenvalue weighted by Gasteiger charge is 2.19. The number of halogens is 1. The van der Waals surface area contributed by atoms with Gasteiger partial charge in [-0.05, 0) is 60.3 Å². The lowest BCUT2D eigenvalue weighted by Crippen LogP contribution is -2.33. The van der Waals surface area contributed by atoms with Crippen LogP contribution in [0.1, 0.15) is 53.2 Å². The Morgan fingerprint density at radius 2 is 1.66 bits per heavy atom. The average Bonchev–Trinajstić information content (AvgIpc) is 3.29.